The van der Waals surface area contributed by atoms with Gasteiger partial charge in [-0.05, 0) is 24.6 Å². The van der Waals surface area contributed by atoms with Gasteiger partial charge in [0, 0.05) is 11.1 Å². The molecule has 0 saturated heterocycles. The number of aromatic nitrogens is 2. The van der Waals surface area contributed by atoms with Crippen LogP contribution in [0.25, 0.3) is 16.8 Å². The van der Waals surface area contributed by atoms with E-state index in [0.717, 1.165) is 5.56 Å². The molecule has 3 nitrogen and oxygen atoms in total. The fraction of sp³-hybridized carbons (Fsp3) is 0.167. The van der Waals surface area contributed by atoms with E-state index in [1.807, 2.05) is 43.2 Å². The molecule has 2 N–H and O–H groups in total. The molecule has 1 atom stereocenters. The summed E-state index contributed by atoms with van der Waals surface area (Å²) in [4.78, 5) is 0. The Bertz CT molecular complexity index is 723. The van der Waals surface area contributed by atoms with Gasteiger partial charge in [0.05, 0.1) is 11.4 Å². The van der Waals surface area contributed by atoms with Gasteiger partial charge >= 0.3 is 0 Å². The Hall–Kier alpha value is -2.80. The van der Waals surface area contributed by atoms with Gasteiger partial charge in [0.25, 0.3) is 0 Å². The highest BCUT2D eigenvalue weighted by Crippen LogP contribution is 2.25. The molecule has 0 radical (unpaired) electrons. The minimum Gasteiger partial charge on any atom is -0.508 e. The number of hydrogen-bond acceptors (Lipinski definition) is 2. The zero-order valence-corrected chi connectivity index (χ0v) is 12.3. The summed E-state index contributed by atoms with van der Waals surface area (Å²) in [5, 5.41) is 17.1. The van der Waals surface area contributed by atoms with Crippen molar-refractivity contribution >= 4 is 5.57 Å². The quantitative estimate of drug-likeness (QED) is 0.491. The highest BCUT2D eigenvalue weighted by molar-refractivity contribution is 5.77. The van der Waals surface area contributed by atoms with Crippen LogP contribution in [-0.4, -0.2) is 21.5 Å². The summed E-state index contributed by atoms with van der Waals surface area (Å²) in [5.41, 5.74) is 2.46. The Morgan fingerprint density at radius 3 is 2.82 bits per heavy atom. The van der Waals surface area contributed by atoms with Crippen LogP contribution < -0.4 is 0 Å². The molecular formula is C18H17FN2O. The number of aliphatic hydroxyl groups excluding tert-OH is 1. The summed E-state index contributed by atoms with van der Waals surface area (Å²) >= 11 is 0. The van der Waals surface area contributed by atoms with E-state index in [1.165, 1.54) is 6.08 Å². The molecule has 1 aromatic heterocycles. The first-order chi connectivity index (χ1) is 10.7. The summed E-state index contributed by atoms with van der Waals surface area (Å²) in [6.45, 7) is 1.88. The van der Waals surface area contributed by atoms with Crippen molar-refractivity contribution in [3.63, 3.8) is 0 Å². The number of H-pyrrole nitrogens is 1. The summed E-state index contributed by atoms with van der Waals surface area (Å²) in [5.74, 6) is 1.96. The Morgan fingerprint density at radius 1 is 1.45 bits per heavy atom. The van der Waals surface area contributed by atoms with Gasteiger partial charge in [-0.25, -0.2) is 4.39 Å². The summed E-state index contributed by atoms with van der Waals surface area (Å²) in [6.07, 6.45) is 6.91. The van der Waals surface area contributed by atoms with E-state index in [9.17, 15) is 9.50 Å². The lowest BCUT2D eigenvalue weighted by atomic mass is 10.1. The van der Waals surface area contributed by atoms with Crippen molar-refractivity contribution in [3.8, 4) is 23.6 Å². The van der Waals surface area contributed by atoms with Gasteiger partial charge in [-0.3, -0.25) is 5.10 Å². The van der Waals surface area contributed by atoms with Crippen LogP contribution >= 0.6 is 0 Å². The Morgan fingerprint density at radius 2 is 2.18 bits per heavy atom. The SMILES string of the molecule is C#CC(F)/C=C(\C(O)=C/CC)c1cc(-c2ccccc2)n[nH]1. The van der Waals surface area contributed by atoms with Crippen LogP contribution in [0.15, 0.2) is 54.3 Å². The van der Waals surface area contributed by atoms with Crippen LogP contribution in [-0.2, 0) is 0 Å². The van der Waals surface area contributed by atoms with E-state index >= 15 is 0 Å². The zero-order valence-electron chi connectivity index (χ0n) is 12.3. The Labute approximate surface area is 129 Å². The molecule has 0 aliphatic carbocycles. The number of hydrogen-bond donors (Lipinski definition) is 2. The second-order valence-electron chi connectivity index (χ2n) is 4.68. The summed E-state index contributed by atoms with van der Waals surface area (Å²) < 4.78 is 13.5. The molecule has 2 aromatic rings. The monoisotopic (exact) mass is 296 g/mol. The first kappa shape index (κ1) is 15.6. The maximum atomic E-state index is 13.5. The van der Waals surface area contributed by atoms with Crippen LogP contribution in [0, 0.1) is 12.3 Å². The van der Waals surface area contributed by atoms with Crippen molar-refractivity contribution in [1.82, 2.24) is 10.2 Å². The van der Waals surface area contributed by atoms with E-state index in [2.05, 4.69) is 10.2 Å². The smallest absolute Gasteiger partial charge is 0.179 e. The van der Waals surface area contributed by atoms with Gasteiger partial charge in [-0.1, -0.05) is 43.2 Å². The highest BCUT2D eigenvalue weighted by atomic mass is 19.1. The lowest BCUT2D eigenvalue weighted by molar-refractivity contribution is 0.431. The number of halogens is 1. The van der Waals surface area contributed by atoms with Crippen LogP contribution in [0.1, 0.15) is 19.0 Å². The lowest BCUT2D eigenvalue weighted by Crippen LogP contribution is -1.96. The summed E-state index contributed by atoms with van der Waals surface area (Å²) in [6, 6.07) is 11.3. The van der Waals surface area contributed by atoms with E-state index in [-0.39, 0.29) is 5.76 Å². The van der Waals surface area contributed by atoms with Gasteiger partial charge in [-0.2, -0.15) is 5.10 Å². The predicted octanol–water partition coefficient (Wildman–Crippen LogP) is 4.28. The van der Waals surface area contributed by atoms with Crippen LogP contribution in [0.2, 0.25) is 0 Å². The number of terminal acetylenes is 1. The van der Waals surface area contributed by atoms with Crippen LogP contribution in [0.5, 0.6) is 0 Å². The number of benzene rings is 1. The minimum atomic E-state index is -1.58. The maximum Gasteiger partial charge on any atom is 0.179 e. The molecule has 22 heavy (non-hydrogen) atoms. The zero-order chi connectivity index (χ0) is 15.9. The summed E-state index contributed by atoms with van der Waals surface area (Å²) in [7, 11) is 0. The standard InChI is InChI=1S/C18H17FN2O/c1-3-8-18(22)15(11-14(19)4-2)17-12-16(20-21-17)13-9-6-5-7-10-13/h2,5-12,14,22H,3H2,1H3,(H,20,21)/b15-11-,18-8+. The highest BCUT2D eigenvalue weighted by Gasteiger charge is 2.13. The third-order valence-corrected chi connectivity index (χ3v) is 3.08. The molecule has 0 aliphatic rings. The van der Waals surface area contributed by atoms with Gasteiger partial charge in [0.1, 0.15) is 5.76 Å². The van der Waals surface area contributed by atoms with Crippen molar-refractivity contribution < 1.29 is 9.50 Å². The first-order valence-electron chi connectivity index (χ1n) is 6.98. The molecule has 1 unspecified atom stereocenters. The fourth-order valence-corrected chi connectivity index (χ4v) is 2.03. The number of aliphatic hydroxyl groups is 1. The number of nitrogens with zero attached hydrogens (tertiary/aromatic N) is 1. The van der Waals surface area contributed by atoms with Crippen molar-refractivity contribution in [2.24, 2.45) is 0 Å². The Kier molecular flexibility index (Phi) is 5.16. The van der Waals surface area contributed by atoms with E-state index in [1.54, 1.807) is 12.1 Å². The van der Waals surface area contributed by atoms with Crippen molar-refractivity contribution in [2.45, 2.75) is 19.5 Å². The van der Waals surface area contributed by atoms with Crippen molar-refractivity contribution in [1.29, 1.82) is 0 Å². The molecule has 1 heterocycles. The van der Waals surface area contributed by atoms with Crippen LogP contribution in [0.4, 0.5) is 4.39 Å². The number of rotatable bonds is 5. The largest absolute Gasteiger partial charge is 0.508 e. The van der Waals surface area contributed by atoms with Crippen LogP contribution in [0.3, 0.4) is 0 Å². The molecule has 2 rings (SSSR count). The predicted molar refractivity (Wildman–Crippen MR) is 86.7 cm³/mol. The third kappa shape index (κ3) is 3.64. The molecule has 1 aromatic carbocycles. The normalized spacial score (nSPS) is 13.7. The topological polar surface area (TPSA) is 48.9 Å². The van der Waals surface area contributed by atoms with Gasteiger partial charge in [0.2, 0.25) is 0 Å². The minimum absolute atomic E-state index is 0.0244. The molecule has 0 amide bonds. The van der Waals surface area contributed by atoms with Gasteiger partial charge in [-0.15, -0.1) is 6.42 Å². The average molecular weight is 296 g/mol. The lowest BCUT2D eigenvalue weighted by Gasteiger charge is -2.05. The van der Waals surface area contributed by atoms with Gasteiger partial charge < -0.3 is 5.11 Å². The number of aromatic amines is 1. The van der Waals surface area contributed by atoms with Crippen molar-refractivity contribution in [3.05, 3.63) is 60.0 Å². The van der Waals surface area contributed by atoms with E-state index < -0.39 is 6.17 Å². The van der Waals surface area contributed by atoms with Crippen molar-refractivity contribution in [2.75, 3.05) is 0 Å². The van der Waals surface area contributed by atoms with E-state index in [0.29, 0.717) is 23.4 Å². The maximum absolute atomic E-state index is 13.5. The molecule has 0 saturated carbocycles. The molecule has 0 aliphatic heterocycles. The Balaban J connectivity index is 2.42. The molecule has 0 spiro atoms. The van der Waals surface area contributed by atoms with Gasteiger partial charge in [0.15, 0.2) is 6.17 Å². The fourth-order valence-electron chi connectivity index (χ4n) is 2.03. The number of nitrogens with one attached hydrogen (secondary N) is 1. The number of alkyl halides is 1. The number of allylic oxidation sites excluding steroid dienone is 3. The molecule has 0 fully saturated rings. The second kappa shape index (κ2) is 7.28. The first-order valence-corrected chi connectivity index (χ1v) is 6.98. The second-order valence-corrected chi connectivity index (χ2v) is 4.68. The average Bonchev–Trinajstić information content (AvgIpc) is 3.03. The molecule has 0 bridgehead atoms. The third-order valence-electron chi connectivity index (χ3n) is 3.08. The molecule has 112 valence electrons. The molecule has 4 heteroatoms. The molecular weight excluding hydrogens is 279 g/mol. The van der Waals surface area contributed by atoms with E-state index in [4.69, 9.17) is 6.42 Å².